The maximum atomic E-state index is 13.8. The van der Waals surface area contributed by atoms with Crippen molar-refractivity contribution in [1.29, 1.82) is 0 Å². The fourth-order valence-corrected chi connectivity index (χ4v) is 11.5. The van der Waals surface area contributed by atoms with E-state index in [2.05, 4.69) is 53.8 Å². The lowest BCUT2D eigenvalue weighted by Crippen LogP contribution is -3.00. The Bertz CT molecular complexity index is 1560. The van der Waals surface area contributed by atoms with Gasteiger partial charge >= 0.3 is 5.97 Å². The number of methoxy groups -OCH3 is 1. The first-order chi connectivity index (χ1) is 20.6. The van der Waals surface area contributed by atoms with Gasteiger partial charge in [0.05, 0.1) is 7.11 Å². The number of rotatable bonds is 10. The molecule has 216 valence electrons. The van der Waals surface area contributed by atoms with Crippen LogP contribution in [0.25, 0.3) is 0 Å². The van der Waals surface area contributed by atoms with Gasteiger partial charge in [0.2, 0.25) is 0 Å². The van der Waals surface area contributed by atoms with Gasteiger partial charge in [0.15, 0.2) is 17.6 Å². The van der Waals surface area contributed by atoms with Crippen LogP contribution in [0.4, 0.5) is 0 Å². The molecule has 0 unspecified atom stereocenters. The number of ether oxygens (including phenoxy) is 1. The van der Waals surface area contributed by atoms with Crippen molar-refractivity contribution >= 4 is 46.8 Å². The van der Waals surface area contributed by atoms with Crippen LogP contribution in [0.1, 0.15) is 15.9 Å². The van der Waals surface area contributed by atoms with E-state index in [1.54, 1.807) is 36.0 Å². The molecule has 1 amide bonds. The second-order valence-corrected chi connectivity index (χ2v) is 14.1. The third-order valence-corrected chi connectivity index (χ3v) is 13.0. The zero-order valence-corrected chi connectivity index (χ0v) is 26.1. The minimum Gasteiger partial charge on any atom is -1.00 e. The van der Waals surface area contributed by atoms with Gasteiger partial charge in [0.25, 0.3) is 5.91 Å². The number of esters is 1. The molecule has 4 nitrogen and oxygen atoms in total. The van der Waals surface area contributed by atoms with Crippen LogP contribution in [0.5, 0.6) is 0 Å². The first-order valence-electron chi connectivity index (χ1n) is 13.6. The lowest BCUT2D eigenvalue weighted by atomic mass is 10.2. The molecule has 0 atom stereocenters. The summed E-state index contributed by atoms with van der Waals surface area (Å²) in [6.07, 6.45) is 0. The van der Waals surface area contributed by atoms with E-state index in [1.165, 1.54) is 7.11 Å². The quantitative estimate of drug-likeness (QED) is 0.147. The van der Waals surface area contributed by atoms with Gasteiger partial charge in [0, 0.05) is 11.3 Å². The van der Waals surface area contributed by atoms with E-state index >= 15 is 0 Å². The van der Waals surface area contributed by atoms with Crippen LogP contribution in [0, 0.1) is 0 Å². The Labute approximate surface area is 264 Å². The Morgan fingerprint density at radius 3 is 1.44 bits per heavy atom. The SMILES string of the molecule is COC(=O)C(NC(=O)c1ccccc1)=C(SCc1ccccc1)[P+](c1ccccc1)(c1ccccc1)c1ccccc1.[Cl-]. The number of hydrogen-bond acceptors (Lipinski definition) is 4. The fraction of sp³-hybridized carbons (Fsp3) is 0.0556. The maximum absolute atomic E-state index is 13.8. The van der Waals surface area contributed by atoms with Crippen molar-refractivity contribution in [2.45, 2.75) is 5.75 Å². The van der Waals surface area contributed by atoms with Crippen LogP contribution in [0.15, 0.2) is 162 Å². The maximum Gasteiger partial charge on any atom is 0.359 e. The van der Waals surface area contributed by atoms with Crippen molar-refractivity contribution in [1.82, 2.24) is 5.32 Å². The van der Waals surface area contributed by atoms with Crippen molar-refractivity contribution in [2.24, 2.45) is 0 Å². The fourth-order valence-electron chi connectivity index (χ4n) is 4.89. The standard InChI is InChI=1S/C36H30NO3PS.ClH/c1-40-35(39)33(37-34(38)29-19-9-3-10-20-29)36(42-27-28-17-7-2-8-18-28)41(30-21-11-4-12-22-30,31-23-13-5-14-24-31)32-25-15-6-16-26-32;/h2-26H,27H2,1H3;1H. The normalized spacial score (nSPS) is 11.5. The van der Waals surface area contributed by atoms with Crippen LogP contribution in [-0.2, 0) is 15.3 Å². The molecule has 0 aliphatic carbocycles. The topological polar surface area (TPSA) is 55.4 Å². The van der Waals surface area contributed by atoms with Crippen molar-refractivity contribution < 1.29 is 26.7 Å². The Morgan fingerprint density at radius 1 is 0.628 bits per heavy atom. The molecule has 0 aliphatic rings. The zero-order valence-electron chi connectivity index (χ0n) is 23.6. The molecule has 43 heavy (non-hydrogen) atoms. The van der Waals surface area contributed by atoms with Gasteiger partial charge in [-0.05, 0) is 54.1 Å². The summed E-state index contributed by atoms with van der Waals surface area (Å²) in [5.41, 5.74) is 1.71. The molecule has 0 saturated heterocycles. The predicted octanol–water partition coefficient (Wildman–Crippen LogP) is 3.69. The molecule has 5 aromatic rings. The summed E-state index contributed by atoms with van der Waals surface area (Å²) >= 11 is 1.57. The Morgan fingerprint density at radius 2 is 1.02 bits per heavy atom. The number of benzene rings is 5. The summed E-state index contributed by atoms with van der Waals surface area (Å²) in [5.74, 6) is -0.380. The molecule has 0 spiro atoms. The van der Waals surface area contributed by atoms with E-state index in [1.807, 2.05) is 78.9 Å². The summed E-state index contributed by atoms with van der Waals surface area (Å²) in [6.45, 7) is 0. The van der Waals surface area contributed by atoms with E-state index in [9.17, 15) is 9.59 Å². The number of carbonyl (C=O) groups is 2. The molecule has 7 heteroatoms. The van der Waals surface area contributed by atoms with Crippen LogP contribution in [-0.4, -0.2) is 19.0 Å². The summed E-state index contributed by atoms with van der Waals surface area (Å²) in [6, 6.07) is 49.9. The Kier molecular flexibility index (Phi) is 11.4. The molecule has 0 fully saturated rings. The van der Waals surface area contributed by atoms with Crippen LogP contribution in [0.3, 0.4) is 0 Å². The Balaban J connectivity index is 0.00000423. The summed E-state index contributed by atoms with van der Waals surface area (Å²) in [5, 5.41) is 6.20. The van der Waals surface area contributed by atoms with Crippen LogP contribution < -0.4 is 33.6 Å². The molecular weight excluding hydrogens is 593 g/mol. The van der Waals surface area contributed by atoms with Crippen molar-refractivity contribution in [2.75, 3.05) is 7.11 Å². The second-order valence-electron chi connectivity index (χ2n) is 9.44. The van der Waals surface area contributed by atoms with Gasteiger partial charge in [-0.2, -0.15) is 0 Å². The minimum absolute atomic E-state index is 0. The van der Waals surface area contributed by atoms with E-state index in [0.717, 1.165) is 26.1 Å². The van der Waals surface area contributed by atoms with Crippen molar-refractivity contribution in [3.63, 3.8) is 0 Å². The van der Waals surface area contributed by atoms with E-state index < -0.39 is 13.2 Å². The molecule has 0 aromatic heterocycles. The average molecular weight is 624 g/mol. The van der Waals surface area contributed by atoms with Gasteiger partial charge in [0.1, 0.15) is 15.9 Å². The molecule has 0 aliphatic heterocycles. The highest BCUT2D eigenvalue weighted by molar-refractivity contribution is 8.18. The predicted molar refractivity (Wildman–Crippen MR) is 176 cm³/mol. The van der Waals surface area contributed by atoms with Crippen LogP contribution in [0.2, 0.25) is 0 Å². The second kappa shape index (κ2) is 15.4. The first-order valence-corrected chi connectivity index (χ1v) is 16.3. The zero-order chi connectivity index (χ0) is 29.2. The van der Waals surface area contributed by atoms with Crippen molar-refractivity contribution in [3.05, 3.63) is 173 Å². The molecular formula is C36H31ClNO3PS. The Hall–Kier alpha value is -4.15. The molecule has 0 bridgehead atoms. The summed E-state index contributed by atoms with van der Waals surface area (Å²) in [7, 11) is -1.39. The first kappa shape index (κ1) is 31.8. The molecule has 0 heterocycles. The number of halogens is 1. The largest absolute Gasteiger partial charge is 1.00 e. The van der Waals surface area contributed by atoms with E-state index in [0.29, 0.717) is 11.3 Å². The third kappa shape index (κ3) is 7.09. The molecule has 5 aromatic carbocycles. The number of nitrogens with one attached hydrogen (secondary N) is 1. The van der Waals surface area contributed by atoms with Crippen LogP contribution >= 0.6 is 19.0 Å². The van der Waals surface area contributed by atoms with Gasteiger partial charge in [-0.3, -0.25) is 4.79 Å². The number of hydrogen-bond donors (Lipinski definition) is 1. The molecule has 0 saturated carbocycles. The van der Waals surface area contributed by atoms with Gasteiger partial charge < -0.3 is 22.5 Å². The molecule has 0 radical (unpaired) electrons. The minimum atomic E-state index is -2.74. The van der Waals surface area contributed by atoms with Gasteiger partial charge in [-0.15, -0.1) is 0 Å². The molecule has 5 rings (SSSR count). The average Bonchev–Trinajstić information content (AvgIpc) is 3.07. The number of carbonyl (C=O) groups excluding carboxylic acids is 2. The van der Waals surface area contributed by atoms with Gasteiger partial charge in [-0.25, -0.2) is 4.79 Å². The smallest absolute Gasteiger partial charge is 0.359 e. The highest BCUT2D eigenvalue weighted by atomic mass is 35.5. The third-order valence-electron chi connectivity index (χ3n) is 6.83. The molecule has 1 N–H and O–H groups in total. The van der Waals surface area contributed by atoms with Crippen molar-refractivity contribution in [3.8, 4) is 0 Å². The monoisotopic (exact) mass is 623 g/mol. The van der Waals surface area contributed by atoms with E-state index in [-0.39, 0.29) is 24.0 Å². The summed E-state index contributed by atoms with van der Waals surface area (Å²) < 4.78 is 6.15. The summed E-state index contributed by atoms with van der Waals surface area (Å²) in [4.78, 5) is 27.4. The highest BCUT2D eigenvalue weighted by Crippen LogP contribution is 2.67. The highest BCUT2D eigenvalue weighted by Gasteiger charge is 2.52. The number of amides is 1. The van der Waals surface area contributed by atoms with E-state index in [4.69, 9.17) is 4.74 Å². The lowest BCUT2D eigenvalue weighted by molar-refractivity contribution is -0.136. The van der Waals surface area contributed by atoms with Gasteiger partial charge in [-0.1, -0.05) is 115 Å². The lowest BCUT2D eigenvalue weighted by Gasteiger charge is -2.30. The number of thioether (sulfide) groups is 1.